The van der Waals surface area contributed by atoms with Crippen LogP contribution in [0.4, 0.5) is 0 Å². The Labute approximate surface area is 115 Å². The summed E-state index contributed by atoms with van der Waals surface area (Å²) in [5.41, 5.74) is 0. The number of carbonyl (C=O) groups excluding carboxylic acids is 1. The van der Waals surface area contributed by atoms with Gasteiger partial charge >= 0.3 is 0 Å². The minimum Gasteiger partial charge on any atom is -0.343 e. The van der Waals surface area contributed by atoms with Gasteiger partial charge in [0.2, 0.25) is 5.91 Å². The van der Waals surface area contributed by atoms with Crippen molar-refractivity contribution in [2.45, 2.75) is 32.7 Å². The topological polar surface area (TPSA) is 60.9 Å². The van der Waals surface area contributed by atoms with Crippen LogP contribution in [0.2, 0.25) is 0 Å². The van der Waals surface area contributed by atoms with Crippen molar-refractivity contribution in [3.05, 3.63) is 0 Å². The fourth-order valence-corrected chi connectivity index (χ4v) is 4.74. The molecular formula is C12H23N3O3S. The number of rotatable bonds is 3. The molecule has 0 spiro atoms. The Hall–Kier alpha value is -0.660. The lowest BCUT2D eigenvalue weighted by Gasteiger charge is -2.41. The summed E-state index contributed by atoms with van der Waals surface area (Å²) < 4.78 is 28.2. The lowest BCUT2D eigenvalue weighted by molar-refractivity contribution is -0.139. The number of nitrogens with zero attached hydrogens (tertiary/aromatic N) is 3. The Kier molecular flexibility index (Phi) is 4.17. The van der Waals surface area contributed by atoms with Crippen LogP contribution in [0.25, 0.3) is 0 Å². The highest BCUT2D eigenvalue weighted by molar-refractivity contribution is 7.86. The van der Waals surface area contributed by atoms with E-state index in [4.69, 9.17) is 0 Å². The van der Waals surface area contributed by atoms with Crippen molar-refractivity contribution in [2.24, 2.45) is 5.92 Å². The second-order valence-corrected chi connectivity index (χ2v) is 7.55. The predicted molar refractivity (Wildman–Crippen MR) is 72.7 cm³/mol. The van der Waals surface area contributed by atoms with Gasteiger partial charge in [-0.25, -0.2) is 0 Å². The van der Waals surface area contributed by atoms with Gasteiger partial charge in [-0.05, 0) is 18.8 Å². The third kappa shape index (κ3) is 2.64. The molecule has 1 atom stereocenters. The molecule has 1 amide bonds. The van der Waals surface area contributed by atoms with E-state index in [1.54, 1.807) is 11.9 Å². The Bertz CT molecular complexity index is 443. The maximum absolute atomic E-state index is 12.6. The average molecular weight is 289 g/mol. The number of carbonyl (C=O) groups is 1. The summed E-state index contributed by atoms with van der Waals surface area (Å²) in [5, 5.41) is 0. The molecule has 2 heterocycles. The van der Waals surface area contributed by atoms with Gasteiger partial charge < -0.3 is 4.90 Å². The Morgan fingerprint density at radius 2 is 1.68 bits per heavy atom. The van der Waals surface area contributed by atoms with Crippen LogP contribution in [0.1, 0.15) is 26.7 Å². The number of amides is 1. The number of likely N-dealkylation sites (N-methyl/N-ethyl adjacent to an activating group) is 1. The van der Waals surface area contributed by atoms with Gasteiger partial charge in [0.15, 0.2) is 0 Å². The zero-order valence-corrected chi connectivity index (χ0v) is 12.7. The highest BCUT2D eigenvalue weighted by Crippen LogP contribution is 2.25. The Balaban J connectivity index is 2.28. The van der Waals surface area contributed by atoms with Crippen LogP contribution in [0.5, 0.6) is 0 Å². The fourth-order valence-electron chi connectivity index (χ4n) is 2.79. The molecule has 2 aliphatic rings. The Morgan fingerprint density at radius 3 is 2.21 bits per heavy atom. The molecule has 0 saturated carbocycles. The van der Waals surface area contributed by atoms with Gasteiger partial charge in [0, 0.05) is 33.2 Å². The quantitative estimate of drug-likeness (QED) is 0.742. The first-order chi connectivity index (χ1) is 8.85. The highest BCUT2D eigenvalue weighted by Gasteiger charge is 2.44. The van der Waals surface area contributed by atoms with Crippen molar-refractivity contribution in [2.75, 3.05) is 33.2 Å². The monoisotopic (exact) mass is 289 g/mol. The molecular weight excluding hydrogens is 266 g/mol. The molecule has 0 aromatic rings. The van der Waals surface area contributed by atoms with Crippen LogP contribution >= 0.6 is 0 Å². The van der Waals surface area contributed by atoms with E-state index in [2.05, 4.69) is 0 Å². The van der Waals surface area contributed by atoms with Gasteiger partial charge in [-0.2, -0.15) is 17.0 Å². The van der Waals surface area contributed by atoms with Crippen LogP contribution in [0, 0.1) is 5.92 Å². The van der Waals surface area contributed by atoms with E-state index in [0.717, 1.165) is 12.8 Å². The van der Waals surface area contributed by atoms with E-state index in [9.17, 15) is 13.2 Å². The molecule has 2 rings (SSSR count). The van der Waals surface area contributed by atoms with Crippen molar-refractivity contribution in [1.29, 1.82) is 0 Å². The zero-order chi connectivity index (χ0) is 14.2. The first-order valence-electron chi connectivity index (χ1n) is 6.87. The molecule has 0 aliphatic carbocycles. The number of hydrogen-bond acceptors (Lipinski definition) is 3. The van der Waals surface area contributed by atoms with E-state index < -0.39 is 16.3 Å². The average Bonchev–Trinajstić information content (AvgIpc) is 2.85. The molecule has 7 heteroatoms. The Morgan fingerprint density at radius 1 is 1.11 bits per heavy atom. The predicted octanol–water partition coefficient (Wildman–Crippen LogP) is 0.126. The fraction of sp³-hybridized carbons (Fsp3) is 0.917. The van der Waals surface area contributed by atoms with E-state index in [-0.39, 0.29) is 11.8 Å². The smallest absolute Gasteiger partial charge is 0.282 e. The van der Waals surface area contributed by atoms with Gasteiger partial charge in [-0.3, -0.25) is 4.79 Å². The summed E-state index contributed by atoms with van der Waals surface area (Å²) in [6, 6.07) is -0.565. The van der Waals surface area contributed by atoms with Crippen LogP contribution < -0.4 is 0 Å². The first-order valence-corrected chi connectivity index (χ1v) is 8.27. The van der Waals surface area contributed by atoms with E-state index in [1.165, 1.54) is 8.61 Å². The second-order valence-electron chi connectivity index (χ2n) is 5.67. The molecule has 0 aromatic carbocycles. The molecule has 0 radical (unpaired) electrons. The second kappa shape index (κ2) is 5.38. The van der Waals surface area contributed by atoms with Crippen LogP contribution in [-0.2, 0) is 15.0 Å². The van der Waals surface area contributed by atoms with E-state index in [0.29, 0.717) is 26.2 Å². The third-order valence-electron chi connectivity index (χ3n) is 3.91. The zero-order valence-electron chi connectivity index (χ0n) is 11.9. The van der Waals surface area contributed by atoms with Gasteiger partial charge in [0.1, 0.15) is 6.04 Å². The number of piperazine rings is 1. The molecule has 6 nitrogen and oxygen atoms in total. The van der Waals surface area contributed by atoms with Crippen LogP contribution in [0.3, 0.4) is 0 Å². The molecule has 0 aromatic heterocycles. The highest BCUT2D eigenvalue weighted by atomic mass is 32.2. The minimum atomic E-state index is -3.49. The molecule has 110 valence electrons. The van der Waals surface area contributed by atoms with Gasteiger partial charge in [-0.1, -0.05) is 13.8 Å². The molecule has 1 unspecified atom stereocenters. The van der Waals surface area contributed by atoms with E-state index in [1.807, 2.05) is 13.8 Å². The minimum absolute atomic E-state index is 0.0207. The van der Waals surface area contributed by atoms with Gasteiger partial charge in [0.25, 0.3) is 10.2 Å². The van der Waals surface area contributed by atoms with E-state index >= 15 is 0 Å². The standard InChI is InChI=1S/C12H23N3O3S/c1-10(2)11-12(16)13(3)8-9-15(11)19(17,18)14-6-4-5-7-14/h10-11H,4-9H2,1-3H3. The third-order valence-corrected chi connectivity index (χ3v) is 5.93. The first kappa shape index (κ1) is 14.7. The molecule has 2 fully saturated rings. The molecule has 0 N–H and O–H groups in total. The normalized spacial score (nSPS) is 27.5. The molecule has 0 bridgehead atoms. The number of hydrogen-bond donors (Lipinski definition) is 0. The van der Waals surface area contributed by atoms with Crippen molar-refractivity contribution in [3.8, 4) is 0 Å². The SMILES string of the molecule is CC(C)C1C(=O)N(C)CCN1S(=O)(=O)N1CCCC1. The summed E-state index contributed by atoms with van der Waals surface area (Å²) in [4.78, 5) is 13.9. The van der Waals surface area contributed by atoms with Crippen LogP contribution in [-0.4, -0.2) is 67.1 Å². The van der Waals surface area contributed by atoms with Crippen molar-refractivity contribution in [1.82, 2.24) is 13.5 Å². The summed E-state index contributed by atoms with van der Waals surface area (Å²) >= 11 is 0. The lowest BCUT2D eigenvalue weighted by atomic mass is 10.0. The molecule has 2 saturated heterocycles. The van der Waals surface area contributed by atoms with Gasteiger partial charge in [-0.15, -0.1) is 0 Å². The van der Waals surface area contributed by atoms with Crippen LogP contribution in [0.15, 0.2) is 0 Å². The molecule has 19 heavy (non-hydrogen) atoms. The summed E-state index contributed by atoms with van der Waals surface area (Å²) in [5.74, 6) is -0.114. The van der Waals surface area contributed by atoms with Crippen molar-refractivity contribution in [3.63, 3.8) is 0 Å². The summed E-state index contributed by atoms with van der Waals surface area (Å²) in [6.07, 6.45) is 1.82. The maximum atomic E-state index is 12.6. The summed E-state index contributed by atoms with van der Waals surface area (Å²) in [6.45, 7) is 5.81. The van der Waals surface area contributed by atoms with Crippen molar-refractivity contribution >= 4 is 16.1 Å². The summed E-state index contributed by atoms with van der Waals surface area (Å²) in [7, 11) is -1.76. The lowest BCUT2D eigenvalue weighted by Crippen LogP contribution is -2.61. The van der Waals surface area contributed by atoms with Crippen molar-refractivity contribution < 1.29 is 13.2 Å². The van der Waals surface area contributed by atoms with Gasteiger partial charge in [0.05, 0.1) is 0 Å². The molecule has 2 aliphatic heterocycles. The maximum Gasteiger partial charge on any atom is 0.282 e. The largest absolute Gasteiger partial charge is 0.343 e.